The van der Waals surface area contributed by atoms with E-state index in [1.807, 2.05) is 22.8 Å². The Balaban J connectivity index is 1.32. The lowest BCUT2D eigenvalue weighted by atomic mass is 9.75. The topological polar surface area (TPSA) is 59.8 Å². The lowest BCUT2D eigenvalue weighted by Gasteiger charge is -2.58. The molecule has 1 unspecified atom stereocenters. The Kier molecular flexibility index (Phi) is 4.45. The van der Waals surface area contributed by atoms with Crippen LogP contribution in [0, 0.1) is 17.8 Å². The molecule has 0 saturated carbocycles. The summed E-state index contributed by atoms with van der Waals surface area (Å²) in [6, 6.07) is 8.81. The largest absolute Gasteiger partial charge is 0.434 e. The second kappa shape index (κ2) is 8.26. The highest BCUT2D eigenvalue weighted by Crippen LogP contribution is 2.50. The molecule has 2 fully saturated rings. The number of likely N-dealkylation sites (tertiary alicyclic amines) is 1. The number of ether oxygens (including phenoxy) is 2. The Morgan fingerprint density at radius 2 is 2.08 bits per heavy atom. The van der Waals surface area contributed by atoms with Gasteiger partial charge in [0.15, 0.2) is 0 Å². The van der Waals surface area contributed by atoms with Crippen LogP contribution in [0.5, 0.6) is 5.75 Å². The molecule has 0 N–H and O–H groups in total. The van der Waals surface area contributed by atoms with E-state index in [0.717, 1.165) is 30.2 Å². The summed E-state index contributed by atoms with van der Waals surface area (Å²) in [6.45, 7) is 0.898. The number of nitrogens with zero attached hydrogens (tertiary/aromatic N) is 4. The molecule has 38 heavy (non-hydrogen) atoms. The van der Waals surface area contributed by atoms with Crippen molar-refractivity contribution < 1.29 is 27.2 Å². The average molecular weight is 522 g/mol. The number of amides is 1. The van der Waals surface area contributed by atoms with Gasteiger partial charge in [0, 0.05) is 46.3 Å². The minimum absolute atomic E-state index is 0.0313. The van der Waals surface area contributed by atoms with Gasteiger partial charge in [0.1, 0.15) is 11.6 Å². The number of rotatable bonds is 3. The van der Waals surface area contributed by atoms with Crippen LogP contribution in [0.2, 0.25) is 0 Å². The first-order valence-electron chi connectivity index (χ1n) is 14.2. The number of hydrogen-bond acceptors (Lipinski definition) is 5. The maximum atomic E-state index is 13.6. The van der Waals surface area contributed by atoms with E-state index in [1.54, 1.807) is 0 Å². The maximum absolute atomic E-state index is 13.6. The van der Waals surface area contributed by atoms with Gasteiger partial charge in [-0.25, -0.2) is 4.98 Å². The second-order valence-electron chi connectivity index (χ2n) is 10.9. The van der Waals surface area contributed by atoms with Crippen molar-refractivity contribution in [3.05, 3.63) is 58.9 Å². The van der Waals surface area contributed by atoms with Crippen molar-refractivity contribution in [2.24, 2.45) is 5.92 Å². The number of carbonyl (C=O) groups excluding carboxylic acids is 1. The van der Waals surface area contributed by atoms with Crippen molar-refractivity contribution in [2.45, 2.75) is 50.5 Å². The number of halogens is 2. The first-order chi connectivity index (χ1) is 19.4. The molecular formula is C29H28F2N4O3. The lowest BCUT2D eigenvalue weighted by molar-refractivity contribution is -0.153. The molecule has 1 aromatic heterocycles. The van der Waals surface area contributed by atoms with E-state index in [-0.39, 0.29) is 34.8 Å². The summed E-state index contributed by atoms with van der Waals surface area (Å²) in [6.07, 6.45) is 0.173. The smallest absolute Gasteiger partial charge is 0.387 e. The van der Waals surface area contributed by atoms with E-state index in [2.05, 4.69) is 30.6 Å². The third-order valence-electron chi connectivity index (χ3n) is 8.57. The Labute approximate surface area is 223 Å². The number of hydrogen-bond donors (Lipinski definition) is 0. The Morgan fingerprint density at radius 3 is 2.79 bits per heavy atom. The molecule has 0 spiro atoms. The minimum Gasteiger partial charge on any atom is -0.434 e. The zero-order chi connectivity index (χ0) is 28.8. The van der Waals surface area contributed by atoms with E-state index >= 15 is 0 Å². The highest BCUT2D eigenvalue weighted by molar-refractivity contribution is 5.97. The van der Waals surface area contributed by atoms with E-state index < -0.39 is 31.6 Å². The van der Waals surface area contributed by atoms with Crippen LogP contribution in [0.3, 0.4) is 0 Å². The summed E-state index contributed by atoms with van der Waals surface area (Å²) < 4.78 is 63.4. The average Bonchev–Trinajstić information content (AvgIpc) is 3.36. The van der Waals surface area contributed by atoms with Crippen LogP contribution < -0.4 is 4.74 Å². The first kappa shape index (κ1) is 20.5. The maximum Gasteiger partial charge on any atom is 0.387 e. The minimum atomic E-state index is -3.11. The standard InChI is InChI=1S/C29H28F2N4O3/c1-29(2)17(13-34(29)18-14-37-15-18)9-7-16-8-10-20-21(11-16)35-22-12-23(26(35)32-20)33(3)27(36)19-5-4-6-24(25(19)22)38-28(30)31/h4-6,8,10-11,17-18,22-23,28H,12-15H2,1-3H3/t17?,22-,23-/m1/s1/i3D3. The molecular weight excluding hydrogens is 490 g/mol. The Hall–Kier alpha value is -3.48. The summed E-state index contributed by atoms with van der Waals surface area (Å²) in [5, 5.41) is 0. The van der Waals surface area contributed by atoms with Gasteiger partial charge in [0.2, 0.25) is 0 Å². The van der Waals surface area contributed by atoms with Gasteiger partial charge in [-0.15, -0.1) is 0 Å². The lowest BCUT2D eigenvalue weighted by Crippen LogP contribution is -2.70. The molecule has 7 rings (SSSR count). The summed E-state index contributed by atoms with van der Waals surface area (Å²) in [7, 11) is 0. The van der Waals surface area contributed by atoms with Crippen LogP contribution in [0.15, 0.2) is 36.4 Å². The number of carbonyl (C=O) groups is 1. The quantitative estimate of drug-likeness (QED) is 0.483. The van der Waals surface area contributed by atoms with Crippen molar-refractivity contribution >= 4 is 16.9 Å². The second-order valence-corrected chi connectivity index (χ2v) is 10.9. The van der Waals surface area contributed by atoms with Gasteiger partial charge in [-0.1, -0.05) is 17.9 Å². The van der Waals surface area contributed by atoms with Crippen LogP contribution >= 0.6 is 0 Å². The molecule has 4 aliphatic rings. The Bertz CT molecular complexity index is 1640. The van der Waals surface area contributed by atoms with Crippen LogP contribution in [0.4, 0.5) is 8.78 Å². The van der Waals surface area contributed by atoms with E-state index in [0.29, 0.717) is 22.9 Å². The molecule has 7 nitrogen and oxygen atoms in total. The molecule has 2 aromatic carbocycles. The van der Waals surface area contributed by atoms with Gasteiger partial charge in [0.05, 0.1) is 48.3 Å². The van der Waals surface area contributed by atoms with Gasteiger partial charge in [-0.3, -0.25) is 9.69 Å². The van der Waals surface area contributed by atoms with Gasteiger partial charge in [-0.05, 0) is 44.2 Å². The number of benzene rings is 2. The van der Waals surface area contributed by atoms with Crippen LogP contribution in [-0.2, 0) is 4.74 Å². The third kappa shape index (κ3) is 3.33. The molecule has 0 radical (unpaired) electrons. The van der Waals surface area contributed by atoms with E-state index in [9.17, 15) is 13.6 Å². The molecule has 2 bridgehead atoms. The van der Waals surface area contributed by atoms with Crippen molar-refractivity contribution in [3.8, 4) is 17.6 Å². The monoisotopic (exact) mass is 521 g/mol. The van der Waals surface area contributed by atoms with Crippen molar-refractivity contribution in [1.29, 1.82) is 0 Å². The SMILES string of the molecule is [2H]C([2H])([2H])N1C(=O)c2cccc(OC(F)F)c2[C@H]2C[C@@H]1c1nc3ccc(C#CC4CN(C5COC5)C4(C)C)cc3n12. The van der Waals surface area contributed by atoms with Crippen LogP contribution in [-0.4, -0.2) is 70.2 Å². The number of aromatic nitrogens is 2. The van der Waals surface area contributed by atoms with Crippen LogP contribution in [0.25, 0.3) is 11.0 Å². The summed E-state index contributed by atoms with van der Waals surface area (Å²) in [5.41, 5.74) is 2.27. The molecule has 2 saturated heterocycles. The molecule has 3 aromatic rings. The number of fused-ring (bicyclic) bond motifs is 9. The molecule has 9 heteroatoms. The zero-order valence-electron chi connectivity index (χ0n) is 23.9. The fourth-order valence-corrected chi connectivity index (χ4v) is 6.35. The summed E-state index contributed by atoms with van der Waals surface area (Å²) in [5.74, 6) is 6.42. The van der Waals surface area contributed by atoms with Crippen molar-refractivity contribution in [2.75, 3.05) is 26.7 Å². The fourth-order valence-electron chi connectivity index (χ4n) is 6.35. The van der Waals surface area contributed by atoms with E-state index in [4.69, 9.17) is 18.6 Å². The molecule has 5 heterocycles. The predicted molar refractivity (Wildman–Crippen MR) is 136 cm³/mol. The molecule has 3 atom stereocenters. The van der Waals surface area contributed by atoms with Gasteiger partial charge < -0.3 is 18.9 Å². The third-order valence-corrected chi connectivity index (χ3v) is 8.57. The van der Waals surface area contributed by atoms with Crippen molar-refractivity contribution in [1.82, 2.24) is 19.4 Å². The Morgan fingerprint density at radius 1 is 1.24 bits per heavy atom. The van der Waals surface area contributed by atoms with Crippen molar-refractivity contribution in [3.63, 3.8) is 0 Å². The first-order valence-corrected chi connectivity index (χ1v) is 12.7. The normalized spacial score (nSPS) is 27.3. The van der Waals surface area contributed by atoms with Gasteiger partial charge >= 0.3 is 6.61 Å². The van der Waals surface area contributed by atoms with E-state index in [1.165, 1.54) is 18.2 Å². The predicted octanol–water partition coefficient (Wildman–Crippen LogP) is 4.22. The summed E-state index contributed by atoms with van der Waals surface area (Å²) >= 11 is 0. The highest BCUT2D eigenvalue weighted by Gasteiger charge is 2.50. The number of alkyl halides is 2. The fraction of sp³-hybridized carbons (Fsp3) is 0.448. The van der Waals surface area contributed by atoms with Gasteiger partial charge in [0.25, 0.3) is 5.91 Å². The molecule has 0 aliphatic carbocycles. The van der Waals surface area contributed by atoms with Gasteiger partial charge in [-0.2, -0.15) is 8.78 Å². The van der Waals surface area contributed by atoms with Crippen LogP contribution in [0.1, 0.15) is 63.8 Å². The molecule has 1 amide bonds. The summed E-state index contributed by atoms with van der Waals surface area (Å²) in [4.78, 5) is 21.6. The molecule has 4 aliphatic heterocycles. The number of imidazole rings is 1. The zero-order valence-corrected chi connectivity index (χ0v) is 20.9. The highest BCUT2D eigenvalue weighted by atomic mass is 19.3. The molecule has 196 valence electrons.